The number of carbonyl (C=O) groups excluding carboxylic acids is 5. The number of allylic oxidation sites excluding steroid dienone is 1. The number of rotatable bonds is 21. The SMILES string of the molecule is [2H]NC(=O)OCC1c2cc(NC(=O)CCCC(=O)NCCOCCCC)ccc2-c2ccc(C(=O)CCCOC(=C)CC=O)cc21. The summed E-state index contributed by atoms with van der Waals surface area (Å²) in [5.41, 5.74) is 6.10. The van der Waals surface area contributed by atoms with Crippen LogP contribution in [0, 0.1) is 0 Å². The normalized spacial score (nSPS) is 13.1. The van der Waals surface area contributed by atoms with Crippen LogP contribution in [0.25, 0.3) is 11.1 Å². The lowest BCUT2D eigenvalue weighted by molar-refractivity contribution is -0.121. The maximum atomic E-state index is 13.0. The van der Waals surface area contributed by atoms with Crippen molar-refractivity contribution in [2.24, 2.45) is 5.73 Å². The number of nitrogens with one attached hydrogen (secondary N) is 2. The van der Waals surface area contributed by atoms with Gasteiger partial charge in [-0.3, -0.25) is 14.4 Å². The molecule has 1 aliphatic carbocycles. The number of benzene rings is 2. The van der Waals surface area contributed by atoms with Crippen LogP contribution in [0.5, 0.6) is 0 Å². The molecule has 4 N–H and O–H groups in total. The van der Waals surface area contributed by atoms with E-state index in [4.69, 9.17) is 15.6 Å². The average molecular weight is 623 g/mol. The van der Waals surface area contributed by atoms with Gasteiger partial charge in [0.1, 0.15) is 12.9 Å². The van der Waals surface area contributed by atoms with Crippen LogP contribution in [0.1, 0.15) is 85.7 Å². The van der Waals surface area contributed by atoms with Gasteiger partial charge in [0.15, 0.2) is 7.20 Å². The second-order valence-corrected chi connectivity index (χ2v) is 10.8. The Kier molecular flexibility index (Phi) is 13.6. The van der Waals surface area contributed by atoms with Gasteiger partial charge in [-0.25, -0.2) is 4.79 Å². The minimum absolute atomic E-state index is 0.0782. The van der Waals surface area contributed by atoms with Gasteiger partial charge in [-0.2, -0.15) is 0 Å². The van der Waals surface area contributed by atoms with Gasteiger partial charge in [0.05, 0.1) is 25.4 Å². The maximum absolute atomic E-state index is 13.0. The number of nitrogens with two attached hydrogens (primary N) is 1. The van der Waals surface area contributed by atoms with Crippen LogP contribution in [0.4, 0.5) is 10.5 Å². The molecule has 0 fully saturated rings. The largest absolute Gasteiger partial charge is 0.498 e. The zero-order chi connectivity index (χ0) is 33.3. The summed E-state index contributed by atoms with van der Waals surface area (Å²) in [6.45, 7) is 7.50. The summed E-state index contributed by atoms with van der Waals surface area (Å²) in [4.78, 5) is 60.0. The number of unbranched alkanes of at least 4 members (excludes halogenated alkanes) is 1. The molecular formula is C34H43N3O8. The fourth-order valence-electron chi connectivity index (χ4n) is 5.03. The monoisotopic (exact) mass is 622 g/mol. The number of hydrogen-bond acceptors (Lipinski definition) is 8. The fraction of sp³-hybridized carbons (Fsp3) is 0.441. The first-order chi connectivity index (χ1) is 22.3. The molecule has 2 aromatic carbocycles. The minimum atomic E-state index is -0.907. The van der Waals surface area contributed by atoms with Crippen molar-refractivity contribution in [3.8, 4) is 11.1 Å². The van der Waals surface area contributed by atoms with Gasteiger partial charge < -0.3 is 35.4 Å². The zero-order valence-electron chi connectivity index (χ0n) is 26.8. The van der Waals surface area contributed by atoms with E-state index in [1.165, 1.54) is 0 Å². The van der Waals surface area contributed by atoms with Gasteiger partial charge in [-0.15, -0.1) is 0 Å². The summed E-state index contributed by atoms with van der Waals surface area (Å²) in [7, 11) is 0. The smallest absolute Gasteiger partial charge is 0.404 e. The Morgan fingerprint density at radius 3 is 2.44 bits per heavy atom. The summed E-state index contributed by atoms with van der Waals surface area (Å²) in [5, 5.41) is 5.67. The van der Waals surface area contributed by atoms with Crippen molar-refractivity contribution < 1.29 is 39.6 Å². The number of carbonyl (C=O) groups is 5. The quantitative estimate of drug-likeness (QED) is 0.0756. The number of aldehydes is 1. The second-order valence-electron chi connectivity index (χ2n) is 10.8. The van der Waals surface area contributed by atoms with Crippen molar-refractivity contribution in [2.75, 3.05) is 38.3 Å². The number of ketones is 1. The third-order valence-electron chi connectivity index (χ3n) is 7.31. The molecule has 11 heteroatoms. The molecule has 242 valence electrons. The van der Waals surface area contributed by atoms with E-state index in [2.05, 4.69) is 24.1 Å². The zero-order valence-corrected chi connectivity index (χ0v) is 25.8. The van der Waals surface area contributed by atoms with E-state index in [0.717, 1.165) is 35.1 Å². The standard InChI is InChI=1S/C34H43N3O8/c1-3-4-17-43-19-15-36-32(40)8-5-9-33(41)37-25-11-13-27-26-12-10-24(31(39)7-6-18-44-23(2)14-16-38)20-28(26)30(29(27)21-25)22-45-34(35)42/h10-13,16,20-21,30H,2-9,14-15,17-19,22H2,1H3,(H2,35,42)(H,36,40)(H,37,41)/i/hD. The number of Topliss-reactive ketones (excluding diaryl/α,β-unsaturated/α-hetero) is 1. The number of hydrogen-bond donors (Lipinski definition) is 3. The molecule has 11 nitrogen and oxygen atoms in total. The molecule has 3 amide bonds. The molecule has 0 aromatic heterocycles. The fourth-order valence-corrected chi connectivity index (χ4v) is 5.03. The van der Waals surface area contributed by atoms with Crippen LogP contribution in [0.15, 0.2) is 48.7 Å². The topological polar surface area (TPSA) is 163 Å². The third kappa shape index (κ3) is 11.2. The van der Waals surface area contributed by atoms with Crippen LogP contribution in [-0.2, 0) is 28.6 Å². The van der Waals surface area contributed by atoms with E-state index in [1.54, 1.807) is 23.9 Å². The molecule has 1 atom stereocenters. The first-order valence-corrected chi connectivity index (χ1v) is 15.3. The van der Waals surface area contributed by atoms with E-state index in [-0.39, 0.29) is 56.5 Å². The molecule has 0 aliphatic heterocycles. The number of anilines is 1. The highest BCUT2D eigenvalue weighted by atomic mass is 16.5. The van der Waals surface area contributed by atoms with E-state index >= 15 is 0 Å². The van der Waals surface area contributed by atoms with Gasteiger partial charge in [-0.1, -0.05) is 38.1 Å². The van der Waals surface area contributed by atoms with Gasteiger partial charge in [-0.05, 0) is 59.7 Å². The molecule has 1 aliphatic rings. The lowest BCUT2D eigenvalue weighted by atomic mass is 9.94. The molecule has 1 unspecified atom stereocenters. The Morgan fingerprint density at radius 1 is 0.933 bits per heavy atom. The van der Waals surface area contributed by atoms with Crippen molar-refractivity contribution >= 4 is 35.7 Å². The molecule has 2 aromatic rings. The number of primary amides is 1. The van der Waals surface area contributed by atoms with Crippen molar-refractivity contribution in [3.63, 3.8) is 0 Å². The van der Waals surface area contributed by atoms with E-state index in [0.29, 0.717) is 55.9 Å². The van der Waals surface area contributed by atoms with Gasteiger partial charge >= 0.3 is 6.09 Å². The summed E-state index contributed by atoms with van der Waals surface area (Å²) in [6, 6.07) is 10.9. The summed E-state index contributed by atoms with van der Waals surface area (Å²) in [6.07, 6.45) is 3.41. The molecule has 45 heavy (non-hydrogen) atoms. The van der Waals surface area contributed by atoms with Crippen LogP contribution in [0.3, 0.4) is 0 Å². The van der Waals surface area contributed by atoms with Gasteiger partial charge in [0.25, 0.3) is 0 Å². The molecule has 0 saturated carbocycles. The first-order valence-electron chi connectivity index (χ1n) is 15.8. The lowest BCUT2D eigenvalue weighted by Gasteiger charge is -2.15. The first kappa shape index (κ1) is 33.4. The van der Waals surface area contributed by atoms with Crippen LogP contribution < -0.4 is 16.4 Å². The minimum Gasteiger partial charge on any atom is -0.498 e. The van der Waals surface area contributed by atoms with Crippen molar-refractivity contribution in [3.05, 3.63) is 65.4 Å². The molecule has 0 bridgehead atoms. The van der Waals surface area contributed by atoms with Gasteiger partial charge in [0.2, 0.25) is 11.8 Å². The van der Waals surface area contributed by atoms with Gasteiger partial charge in [0, 0.05) is 49.6 Å². The maximum Gasteiger partial charge on any atom is 0.404 e. The highest BCUT2D eigenvalue weighted by Gasteiger charge is 2.31. The number of fused-ring (bicyclic) bond motifs is 3. The average Bonchev–Trinajstić information content (AvgIpc) is 3.35. The molecule has 0 radical (unpaired) electrons. The van der Waals surface area contributed by atoms with Crippen LogP contribution >= 0.6 is 0 Å². The number of ether oxygens (including phenoxy) is 3. The summed E-state index contributed by atoms with van der Waals surface area (Å²) in [5.74, 6) is -0.534. The second kappa shape index (κ2) is 18.3. The Hall–Kier alpha value is -4.51. The molecule has 3 rings (SSSR count). The Balaban J connectivity index is 1.61. The van der Waals surface area contributed by atoms with E-state index in [9.17, 15) is 24.0 Å². The molecule has 0 spiro atoms. The van der Waals surface area contributed by atoms with Crippen molar-refractivity contribution in [1.29, 1.82) is 0 Å². The Bertz CT molecular complexity index is 1400. The molecule has 0 saturated heterocycles. The summed E-state index contributed by atoms with van der Waals surface area (Å²) < 4.78 is 23.1. The van der Waals surface area contributed by atoms with E-state index < -0.39 is 12.0 Å². The highest BCUT2D eigenvalue weighted by Crippen LogP contribution is 2.46. The third-order valence-corrected chi connectivity index (χ3v) is 7.31. The van der Waals surface area contributed by atoms with E-state index in [1.807, 2.05) is 18.2 Å². The van der Waals surface area contributed by atoms with Crippen molar-refractivity contribution in [2.45, 2.75) is 64.2 Å². The predicted molar refractivity (Wildman–Crippen MR) is 170 cm³/mol. The van der Waals surface area contributed by atoms with Crippen LogP contribution in [-0.4, -0.2) is 62.9 Å². The predicted octanol–water partition coefficient (Wildman–Crippen LogP) is 5.02. The highest BCUT2D eigenvalue weighted by molar-refractivity contribution is 5.98. The molecule has 0 heterocycles. The summed E-state index contributed by atoms with van der Waals surface area (Å²) >= 11 is 0. The van der Waals surface area contributed by atoms with Crippen LogP contribution in [0.2, 0.25) is 1.41 Å². The Labute approximate surface area is 265 Å². The van der Waals surface area contributed by atoms with Crippen molar-refractivity contribution in [1.82, 2.24) is 5.32 Å². The Morgan fingerprint density at radius 2 is 1.69 bits per heavy atom. The molecular weight excluding hydrogens is 578 g/mol. The lowest BCUT2D eigenvalue weighted by Crippen LogP contribution is -2.27. The number of amides is 3.